The lowest BCUT2D eigenvalue weighted by Gasteiger charge is -2.12. The molecule has 1 unspecified atom stereocenters. The van der Waals surface area contributed by atoms with Crippen LogP contribution in [0.2, 0.25) is 0 Å². The van der Waals surface area contributed by atoms with E-state index >= 15 is 0 Å². The number of hydrogen-bond acceptors (Lipinski definition) is 3. The van der Waals surface area contributed by atoms with Crippen molar-refractivity contribution in [2.45, 2.75) is 11.3 Å². The van der Waals surface area contributed by atoms with Gasteiger partial charge in [0.1, 0.15) is 5.82 Å². The molecule has 1 N–H and O–H groups in total. The van der Waals surface area contributed by atoms with Crippen LogP contribution in [-0.2, 0) is 17.2 Å². The van der Waals surface area contributed by atoms with Crippen molar-refractivity contribution >= 4 is 27.6 Å². The van der Waals surface area contributed by atoms with E-state index in [1.165, 1.54) is 47.4 Å². The summed E-state index contributed by atoms with van der Waals surface area (Å²) in [4.78, 5) is 8.20. The molecule has 0 radical (unpaired) electrons. The normalized spacial score (nSPS) is 12.8. The van der Waals surface area contributed by atoms with Gasteiger partial charge in [0.15, 0.2) is 11.0 Å². The molecule has 4 rings (SSSR count). The number of benzene rings is 2. The number of aromatic nitrogens is 3. The predicted molar refractivity (Wildman–Crippen MR) is 100 cm³/mol. The van der Waals surface area contributed by atoms with Gasteiger partial charge >= 0.3 is 6.18 Å². The molecule has 1 atom stereocenters. The molecule has 4 aromatic rings. The molecule has 0 saturated heterocycles. The van der Waals surface area contributed by atoms with Crippen molar-refractivity contribution in [3.63, 3.8) is 0 Å². The molecule has 2 aromatic carbocycles. The average Bonchev–Trinajstić information content (AvgIpc) is 3.17. The van der Waals surface area contributed by atoms with Crippen molar-refractivity contribution in [1.82, 2.24) is 14.5 Å². The third-order valence-electron chi connectivity index (χ3n) is 4.12. The van der Waals surface area contributed by atoms with Gasteiger partial charge in [-0.2, -0.15) is 13.2 Å². The van der Waals surface area contributed by atoms with E-state index in [4.69, 9.17) is 0 Å². The Morgan fingerprint density at radius 3 is 2.48 bits per heavy atom. The fraction of sp³-hybridized carbons (Fsp3) is 0.0526. The van der Waals surface area contributed by atoms with Crippen molar-refractivity contribution in [3.8, 4) is 5.69 Å². The Morgan fingerprint density at radius 1 is 1.00 bits per heavy atom. The number of nitrogens with zero attached hydrogens (tertiary/aromatic N) is 3. The number of pyridine rings is 1. The SMILES string of the molecule is O=S(Nc1cc(F)cc2cccnc12)c1nccn1-c1ccc(C(F)(F)F)cc1. The van der Waals surface area contributed by atoms with Crippen LogP contribution < -0.4 is 4.72 Å². The van der Waals surface area contributed by atoms with Crippen LogP contribution in [-0.4, -0.2) is 18.7 Å². The third kappa shape index (κ3) is 3.83. The Morgan fingerprint density at radius 2 is 1.76 bits per heavy atom. The molecule has 29 heavy (non-hydrogen) atoms. The molecule has 0 aliphatic heterocycles. The Hall–Kier alpha value is -3.27. The van der Waals surface area contributed by atoms with E-state index in [-0.39, 0.29) is 10.8 Å². The van der Waals surface area contributed by atoms with Crippen molar-refractivity contribution in [2.24, 2.45) is 0 Å². The monoisotopic (exact) mass is 420 g/mol. The number of halogens is 4. The Labute approximate surface area is 164 Å². The molecule has 0 aliphatic carbocycles. The lowest BCUT2D eigenvalue weighted by molar-refractivity contribution is -0.137. The number of hydrogen-bond donors (Lipinski definition) is 1. The van der Waals surface area contributed by atoms with Crippen molar-refractivity contribution < 1.29 is 21.8 Å². The number of fused-ring (bicyclic) bond motifs is 1. The Balaban J connectivity index is 1.66. The van der Waals surface area contributed by atoms with E-state index in [1.807, 2.05) is 0 Å². The second-order valence-corrected chi connectivity index (χ2v) is 7.13. The second-order valence-electron chi connectivity index (χ2n) is 6.02. The average molecular weight is 420 g/mol. The summed E-state index contributed by atoms with van der Waals surface area (Å²) in [6, 6.07) is 10.2. The summed E-state index contributed by atoms with van der Waals surface area (Å²) in [6.07, 6.45) is -0.0858. The highest BCUT2D eigenvalue weighted by Gasteiger charge is 2.30. The highest BCUT2D eigenvalue weighted by molar-refractivity contribution is 7.86. The van der Waals surface area contributed by atoms with Crippen LogP contribution in [0.1, 0.15) is 5.56 Å². The molecule has 10 heteroatoms. The van der Waals surface area contributed by atoms with E-state index in [0.717, 1.165) is 12.1 Å². The van der Waals surface area contributed by atoms with Crippen LogP contribution in [0, 0.1) is 5.82 Å². The molecule has 0 aliphatic rings. The number of alkyl halides is 3. The molecule has 0 spiro atoms. The summed E-state index contributed by atoms with van der Waals surface area (Å²) in [5.74, 6) is -0.531. The first-order valence-electron chi connectivity index (χ1n) is 8.26. The first-order valence-corrected chi connectivity index (χ1v) is 9.41. The lowest BCUT2D eigenvalue weighted by Crippen LogP contribution is -2.12. The van der Waals surface area contributed by atoms with Gasteiger partial charge in [0.25, 0.3) is 0 Å². The standard InChI is InChI=1S/C19H12F4N4OS/c20-14-10-12-2-1-7-24-17(12)16(11-14)26-29(28)18-25-8-9-27(18)15-5-3-13(4-6-15)19(21,22)23/h1-11,26H. The van der Waals surface area contributed by atoms with Crippen molar-refractivity contribution in [3.05, 3.63) is 78.5 Å². The molecule has 0 saturated carbocycles. The van der Waals surface area contributed by atoms with Gasteiger partial charge in [0.2, 0.25) is 5.16 Å². The van der Waals surface area contributed by atoms with Gasteiger partial charge < -0.3 is 0 Å². The highest BCUT2D eigenvalue weighted by atomic mass is 32.2. The number of rotatable bonds is 4. The first-order chi connectivity index (χ1) is 13.8. The Kier molecular flexibility index (Phi) is 4.79. The van der Waals surface area contributed by atoms with Crippen LogP contribution >= 0.6 is 0 Å². The second kappa shape index (κ2) is 7.28. The lowest BCUT2D eigenvalue weighted by atomic mass is 10.2. The minimum absolute atomic E-state index is 0.0399. The topological polar surface area (TPSA) is 59.8 Å². The minimum atomic E-state index is -4.45. The summed E-state index contributed by atoms with van der Waals surface area (Å²) in [5.41, 5.74) is 0.193. The molecule has 0 amide bonds. The van der Waals surface area contributed by atoms with E-state index < -0.39 is 28.5 Å². The Bertz CT molecular complexity index is 1210. The molecule has 0 fully saturated rings. The van der Waals surface area contributed by atoms with Gasteiger partial charge in [-0.05, 0) is 36.4 Å². The third-order valence-corrected chi connectivity index (χ3v) is 5.16. The van der Waals surface area contributed by atoms with Gasteiger partial charge in [0.05, 0.1) is 16.8 Å². The molecule has 2 aromatic heterocycles. The zero-order chi connectivity index (χ0) is 20.6. The molecule has 0 bridgehead atoms. The maximum absolute atomic E-state index is 13.9. The van der Waals surface area contributed by atoms with Gasteiger partial charge in [0, 0.05) is 35.7 Å². The van der Waals surface area contributed by atoms with Crippen LogP contribution in [0.4, 0.5) is 23.2 Å². The summed E-state index contributed by atoms with van der Waals surface area (Å²) < 4.78 is 69.1. The zero-order valence-corrected chi connectivity index (χ0v) is 15.3. The maximum Gasteiger partial charge on any atom is 0.416 e. The van der Waals surface area contributed by atoms with Gasteiger partial charge in [-0.3, -0.25) is 14.3 Å². The van der Waals surface area contributed by atoms with Crippen LogP contribution in [0.5, 0.6) is 0 Å². The van der Waals surface area contributed by atoms with E-state index in [0.29, 0.717) is 16.6 Å². The van der Waals surface area contributed by atoms with E-state index in [9.17, 15) is 21.8 Å². The first kappa shape index (κ1) is 19.1. The zero-order valence-electron chi connectivity index (χ0n) is 14.5. The summed E-state index contributed by atoms with van der Waals surface area (Å²) >= 11 is 0. The van der Waals surface area contributed by atoms with E-state index in [1.54, 1.807) is 12.1 Å². The van der Waals surface area contributed by atoms with Gasteiger partial charge in [-0.25, -0.2) is 13.6 Å². The van der Waals surface area contributed by atoms with Crippen molar-refractivity contribution in [2.75, 3.05) is 4.72 Å². The number of anilines is 1. The van der Waals surface area contributed by atoms with Crippen LogP contribution in [0.25, 0.3) is 16.6 Å². The van der Waals surface area contributed by atoms with Gasteiger partial charge in [-0.15, -0.1) is 0 Å². The number of imidazole rings is 1. The van der Waals surface area contributed by atoms with Crippen LogP contribution in [0.15, 0.2) is 72.3 Å². The predicted octanol–water partition coefficient (Wildman–Crippen LogP) is 4.71. The maximum atomic E-state index is 13.9. The molecule has 5 nitrogen and oxygen atoms in total. The highest BCUT2D eigenvalue weighted by Crippen LogP contribution is 2.30. The smallest absolute Gasteiger partial charge is 0.296 e. The summed E-state index contributed by atoms with van der Waals surface area (Å²) in [7, 11) is -1.93. The molecule has 148 valence electrons. The van der Waals surface area contributed by atoms with E-state index in [2.05, 4.69) is 14.7 Å². The van der Waals surface area contributed by atoms with Crippen LogP contribution in [0.3, 0.4) is 0 Å². The molecule has 2 heterocycles. The van der Waals surface area contributed by atoms with Crippen molar-refractivity contribution in [1.29, 1.82) is 0 Å². The molecular formula is C19H12F4N4OS. The fourth-order valence-electron chi connectivity index (χ4n) is 2.81. The summed E-state index contributed by atoms with van der Waals surface area (Å²) in [5, 5.41) is 0.566. The largest absolute Gasteiger partial charge is 0.416 e. The summed E-state index contributed by atoms with van der Waals surface area (Å²) in [6.45, 7) is 0. The quantitative estimate of drug-likeness (QED) is 0.487. The molecular weight excluding hydrogens is 408 g/mol. The minimum Gasteiger partial charge on any atom is -0.296 e. The number of nitrogens with one attached hydrogen (secondary N) is 1. The van der Waals surface area contributed by atoms with Gasteiger partial charge in [-0.1, -0.05) is 6.07 Å². The fourth-order valence-corrected chi connectivity index (χ4v) is 3.76.